The van der Waals surface area contributed by atoms with Gasteiger partial charge >= 0.3 is 0 Å². The molecule has 0 amide bonds. The first kappa shape index (κ1) is 14.1. The molecule has 2 N–H and O–H groups in total. The van der Waals surface area contributed by atoms with Gasteiger partial charge in [-0.2, -0.15) is 0 Å². The maximum atomic E-state index is 6.00. The molecule has 18 heavy (non-hydrogen) atoms. The molecule has 2 rings (SSSR count). The molecule has 2 aromatic rings. The smallest absolute Gasteiger partial charge is 0.115 e. The summed E-state index contributed by atoms with van der Waals surface area (Å²) in [6.45, 7) is 1.99. The molecule has 0 saturated carbocycles. The standard InChI is InChI=1S/C13H12Br2N2S/c1-8(16)10-5-4-9(14)7-12(10)18-13-11(15)3-2-6-17-13/h2-8H,16H2,1H3. The van der Waals surface area contributed by atoms with Gasteiger partial charge in [0.25, 0.3) is 0 Å². The highest BCUT2D eigenvalue weighted by molar-refractivity contribution is 9.10. The number of rotatable bonds is 3. The molecule has 0 aliphatic heterocycles. The van der Waals surface area contributed by atoms with Crippen LogP contribution in [0.2, 0.25) is 0 Å². The lowest BCUT2D eigenvalue weighted by atomic mass is 10.1. The van der Waals surface area contributed by atoms with Crippen molar-refractivity contribution in [1.82, 2.24) is 4.98 Å². The normalized spacial score (nSPS) is 12.4. The predicted octanol–water partition coefficient (Wildman–Crippen LogP) is 4.78. The first-order valence-corrected chi connectivity index (χ1v) is 7.81. The summed E-state index contributed by atoms with van der Waals surface area (Å²) in [6.07, 6.45) is 1.79. The lowest BCUT2D eigenvalue weighted by Gasteiger charge is -2.13. The van der Waals surface area contributed by atoms with Crippen molar-refractivity contribution in [2.45, 2.75) is 22.9 Å². The van der Waals surface area contributed by atoms with Gasteiger partial charge in [0.2, 0.25) is 0 Å². The summed E-state index contributed by atoms with van der Waals surface area (Å²) in [4.78, 5) is 5.49. The fourth-order valence-corrected chi connectivity index (χ4v) is 3.58. The van der Waals surface area contributed by atoms with E-state index < -0.39 is 0 Å². The third-order valence-corrected chi connectivity index (χ3v) is 4.89. The number of benzene rings is 1. The predicted molar refractivity (Wildman–Crippen MR) is 82.8 cm³/mol. The van der Waals surface area contributed by atoms with Crippen LogP contribution in [0.4, 0.5) is 0 Å². The van der Waals surface area contributed by atoms with Crippen LogP contribution < -0.4 is 5.73 Å². The molecular formula is C13H12Br2N2S. The van der Waals surface area contributed by atoms with E-state index in [1.54, 1.807) is 18.0 Å². The van der Waals surface area contributed by atoms with Crippen LogP contribution >= 0.6 is 43.6 Å². The molecule has 94 valence electrons. The maximum Gasteiger partial charge on any atom is 0.115 e. The average molecular weight is 388 g/mol. The molecule has 1 aromatic carbocycles. The fraction of sp³-hybridized carbons (Fsp3) is 0.154. The zero-order chi connectivity index (χ0) is 13.1. The van der Waals surface area contributed by atoms with E-state index in [2.05, 4.69) is 42.9 Å². The van der Waals surface area contributed by atoms with Crippen LogP contribution in [-0.2, 0) is 0 Å². The number of nitrogens with two attached hydrogens (primary N) is 1. The Kier molecular flexibility index (Phi) is 4.84. The highest BCUT2D eigenvalue weighted by Crippen LogP contribution is 2.36. The van der Waals surface area contributed by atoms with Gasteiger partial charge in [-0.15, -0.1) is 0 Å². The van der Waals surface area contributed by atoms with Crippen LogP contribution in [0.15, 0.2) is 55.4 Å². The molecule has 0 fully saturated rings. The van der Waals surface area contributed by atoms with E-state index in [4.69, 9.17) is 5.73 Å². The number of pyridine rings is 1. The van der Waals surface area contributed by atoms with Crippen molar-refractivity contribution in [3.63, 3.8) is 0 Å². The first-order chi connectivity index (χ1) is 8.58. The van der Waals surface area contributed by atoms with Gasteiger partial charge in [-0.3, -0.25) is 0 Å². The minimum absolute atomic E-state index is 0.00286. The molecule has 0 radical (unpaired) electrons. The molecule has 0 aliphatic carbocycles. The third-order valence-electron chi connectivity index (χ3n) is 2.40. The second-order valence-electron chi connectivity index (χ2n) is 3.86. The summed E-state index contributed by atoms with van der Waals surface area (Å²) in [5.74, 6) is 0. The number of nitrogens with zero attached hydrogens (tertiary/aromatic N) is 1. The molecule has 0 spiro atoms. The van der Waals surface area contributed by atoms with Crippen molar-refractivity contribution in [2.24, 2.45) is 5.73 Å². The Bertz CT molecular complexity index is 558. The summed E-state index contributed by atoms with van der Waals surface area (Å²) in [6, 6.07) is 10.0. The summed E-state index contributed by atoms with van der Waals surface area (Å²) in [5.41, 5.74) is 7.12. The summed E-state index contributed by atoms with van der Waals surface area (Å²) in [7, 11) is 0. The van der Waals surface area contributed by atoms with E-state index in [0.717, 1.165) is 24.4 Å². The van der Waals surface area contributed by atoms with Crippen molar-refractivity contribution in [2.75, 3.05) is 0 Å². The Labute approximate surface area is 128 Å². The SMILES string of the molecule is CC(N)c1ccc(Br)cc1Sc1ncccc1Br. The number of hydrogen-bond donors (Lipinski definition) is 1. The lowest BCUT2D eigenvalue weighted by Crippen LogP contribution is -2.06. The Morgan fingerprint density at radius 3 is 2.72 bits per heavy atom. The maximum absolute atomic E-state index is 6.00. The topological polar surface area (TPSA) is 38.9 Å². The second kappa shape index (κ2) is 6.19. The van der Waals surface area contributed by atoms with Gasteiger partial charge in [0.05, 0.1) is 4.47 Å². The molecule has 0 saturated heterocycles. The van der Waals surface area contributed by atoms with Crippen LogP contribution in [0.5, 0.6) is 0 Å². The molecule has 2 nitrogen and oxygen atoms in total. The van der Waals surface area contributed by atoms with E-state index in [1.807, 2.05) is 31.2 Å². The van der Waals surface area contributed by atoms with Gasteiger partial charge in [-0.1, -0.05) is 33.8 Å². The molecule has 1 aromatic heterocycles. The Morgan fingerprint density at radius 1 is 1.28 bits per heavy atom. The van der Waals surface area contributed by atoms with E-state index in [-0.39, 0.29) is 6.04 Å². The molecular weight excluding hydrogens is 376 g/mol. The van der Waals surface area contributed by atoms with Gasteiger partial charge in [0.1, 0.15) is 5.03 Å². The Balaban J connectivity index is 2.39. The van der Waals surface area contributed by atoms with Gasteiger partial charge in [0, 0.05) is 21.6 Å². The first-order valence-electron chi connectivity index (χ1n) is 5.41. The summed E-state index contributed by atoms with van der Waals surface area (Å²) < 4.78 is 2.03. The Morgan fingerprint density at radius 2 is 2.06 bits per heavy atom. The van der Waals surface area contributed by atoms with Crippen LogP contribution in [0.25, 0.3) is 0 Å². The van der Waals surface area contributed by atoms with E-state index in [9.17, 15) is 0 Å². The lowest BCUT2D eigenvalue weighted by molar-refractivity contribution is 0.796. The molecule has 0 aliphatic rings. The largest absolute Gasteiger partial charge is 0.324 e. The van der Waals surface area contributed by atoms with Crippen LogP contribution in [0, 0.1) is 0 Å². The average Bonchev–Trinajstić information content (AvgIpc) is 2.32. The second-order valence-corrected chi connectivity index (χ2v) is 6.66. The van der Waals surface area contributed by atoms with Crippen molar-refractivity contribution in [3.8, 4) is 0 Å². The van der Waals surface area contributed by atoms with E-state index in [0.29, 0.717) is 0 Å². The highest BCUT2D eigenvalue weighted by atomic mass is 79.9. The molecule has 0 bridgehead atoms. The fourth-order valence-electron chi connectivity index (χ4n) is 1.52. The quantitative estimate of drug-likeness (QED) is 0.823. The van der Waals surface area contributed by atoms with Crippen molar-refractivity contribution >= 4 is 43.6 Å². The third kappa shape index (κ3) is 3.35. The van der Waals surface area contributed by atoms with E-state index in [1.165, 1.54) is 0 Å². The number of hydrogen-bond acceptors (Lipinski definition) is 3. The minimum atomic E-state index is 0.00286. The molecule has 1 unspecified atom stereocenters. The zero-order valence-corrected chi connectivity index (χ0v) is 13.7. The monoisotopic (exact) mass is 386 g/mol. The van der Waals surface area contributed by atoms with Gasteiger partial charge in [-0.05, 0) is 52.7 Å². The molecule has 1 atom stereocenters. The highest BCUT2D eigenvalue weighted by Gasteiger charge is 2.11. The summed E-state index contributed by atoms with van der Waals surface area (Å²) >= 11 is 8.61. The molecule has 1 heterocycles. The Hall–Kier alpha value is -0.360. The van der Waals surface area contributed by atoms with Crippen LogP contribution in [0.1, 0.15) is 18.5 Å². The van der Waals surface area contributed by atoms with Crippen molar-refractivity contribution < 1.29 is 0 Å². The van der Waals surface area contributed by atoms with Crippen molar-refractivity contribution in [1.29, 1.82) is 0 Å². The van der Waals surface area contributed by atoms with Crippen LogP contribution in [-0.4, -0.2) is 4.98 Å². The van der Waals surface area contributed by atoms with Crippen molar-refractivity contribution in [3.05, 3.63) is 51.0 Å². The number of halogens is 2. The van der Waals surface area contributed by atoms with Gasteiger partial charge in [0.15, 0.2) is 0 Å². The minimum Gasteiger partial charge on any atom is -0.324 e. The van der Waals surface area contributed by atoms with Gasteiger partial charge in [-0.25, -0.2) is 4.98 Å². The molecule has 5 heteroatoms. The van der Waals surface area contributed by atoms with Gasteiger partial charge < -0.3 is 5.73 Å². The van der Waals surface area contributed by atoms with E-state index >= 15 is 0 Å². The zero-order valence-electron chi connectivity index (χ0n) is 9.73. The van der Waals surface area contributed by atoms with Crippen LogP contribution in [0.3, 0.4) is 0 Å². The number of aromatic nitrogens is 1. The summed E-state index contributed by atoms with van der Waals surface area (Å²) in [5, 5.41) is 0.942.